The Bertz CT molecular complexity index is 1080. The minimum absolute atomic E-state index is 0.0230. The summed E-state index contributed by atoms with van der Waals surface area (Å²) >= 11 is 1.30. The van der Waals surface area contributed by atoms with Crippen molar-refractivity contribution in [1.82, 2.24) is 20.4 Å². The van der Waals surface area contributed by atoms with Gasteiger partial charge in [0.2, 0.25) is 5.82 Å². The van der Waals surface area contributed by atoms with Gasteiger partial charge in [-0.3, -0.25) is 10.1 Å². The van der Waals surface area contributed by atoms with Gasteiger partial charge >= 0.3 is 18.0 Å². The van der Waals surface area contributed by atoms with Gasteiger partial charge in [-0.2, -0.15) is 4.98 Å². The van der Waals surface area contributed by atoms with Crippen LogP contribution in [0.4, 0.5) is 20.3 Å². The summed E-state index contributed by atoms with van der Waals surface area (Å²) in [6.07, 6.45) is 0.610. The predicted octanol–water partition coefficient (Wildman–Crippen LogP) is 2.49. The molecule has 0 saturated carbocycles. The molecule has 0 fully saturated rings. The minimum Gasteiger partial charge on any atom is -0.480 e. The lowest BCUT2D eigenvalue weighted by molar-refractivity contribution is -0.135. The van der Waals surface area contributed by atoms with E-state index in [4.69, 9.17) is 9.63 Å². The molecule has 0 spiro atoms. The van der Waals surface area contributed by atoms with E-state index in [0.717, 1.165) is 10.6 Å². The lowest BCUT2D eigenvalue weighted by atomic mass is 10.1. The average Bonchev–Trinajstić information content (AvgIpc) is 3.33. The van der Waals surface area contributed by atoms with E-state index in [1.54, 1.807) is 12.1 Å². The number of carbonyl (C=O) groups excluding carboxylic acids is 1. The number of urea groups is 1. The average molecular weight is 432 g/mol. The summed E-state index contributed by atoms with van der Waals surface area (Å²) in [7, 11) is 0. The number of halogens is 1. The van der Waals surface area contributed by atoms with E-state index >= 15 is 0 Å². The molecule has 0 unspecified atom stereocenters. The third kappa shape index (κ3) is 4.22. The number of rotatable bonds is 5. The number of nitrogens with one attached hydrogen (secondary N) is 2. The van der Waals surface area contributed by atoms with Gasteiger partial charge in [0.15, 0.2) is 5.13 Å². The van der Waals surface area contributed by atoms with E-state index in [1.807, 2.05) is 11.8 Å². The molecular formula is C18H17FN6O4S. The molecule has 0 aliphatic carbocycles. The van der Waals surface area contributed by atoms with E-state index in [1.165, 1.54) is 23.5 Å². The van der Waals surface area contributed by atoms with E-state index < -0.39 is 18.5 Å². The number of benzene rings is 1. The Morgan fingerprint density at radius 1 is 1.33 bits per heavy atom. The summed E-state index contributed by atoms with van der Waals surface area (Å²) in [4.78, 5) is 34.0. The molecule has 1 aliphatic rings. The van der Waals surface area contributed by atoms with Gasteiger partial charge in [0, 0.05) is 22.9 Å². The summed E-state index contributed by atoms with van der Waals surface area (Å²) in [5.41, 5.74) is 1.50. The lowest BCUT2D eigenvalue weighted by Gasteiger charge is -2.30. The van der Waals surface area contributed by atoms with Crippen LogP contribution >= 0.6 is 11.3 Å². The number of amides is 2. The molecular weight excluding hydrogens is 415 g/mol. The summed E-state index contributed by atoms with van der Waals surface area (Å²) in [5, 5.41) is 17.8. The molecule has 30 heavy (non-hydrogen) atoms. The molecule has 0 bridgehead atoms. The van der Waals surface area contributed by atoms with Crippen molar-refractivity contribution >= 4 is 34.5 Å². The van der Waals surface area contributed by atoms with Crippen LogP contribution in [0.2, 0.25) is 0 Å². The fraction of sp³-hybridized carbons (Fsp3) is 0.278. The Labute approximate surface area is 173 Å². The van der Waals surface area contributed by atoms with Crippen molar-refractivity contribution in [2.45, 2.75) is 25.9 Å². The van der Waals surface area contributed by atoms with Gasteiger partial charge < -0.3 is 19.8 Å². The number of aromatic nitrogens is 3. The number of hydrogen-bond donors (Lipinski definition) is 3. The van der Waals surface area contributed by atoms with Crippen molar-refractivity contribution in [2.24, 2.45) is 0 Å². The molecule has 1 aliphatic heterocycles. The third-order valence-electron chi connectivity index (χ3n) is 4.50. The van der Waals surface area contributed by atoms with Gasteiger partial charge in [-0.1, -0.05) is 16.5 Å². The Morgan fingerprint density at radius 2 is 2.10 bits per heavy atom. The van der Waals surface area contributed by atoms with Gasteiger partial charge in [0.1, 0.15) is 12.4 Å². The van der Waals surface area contributed by atoms with Crippen LogP contribution in [-0.2, 0) is 17.8 Å². The maximum Gasteiger partial charge on any atom is 0.324 e. The van der Waals surface area contributed by atoms with Crippen LogP contribution in [0, 0.1) is 5.82 Å². The van der Waals surface area contributed by atoms with E-state index in [0.29, 0.717) is 35.5 Å². The first-order valence-electron chi connectivity index (χ1n) is 9.00. The number of fused-ring (bicyclic) bond motifs is 1. The highest BCUT2D eigenvalue weighted by Gasteiger charge is 2.30. The second kappa shape index (κ2) is 8.06. The molecule has 2 aromatic heterocycles. The fourth-order valence-corrected chi connectivity index (χ4v) is 4.01. The molecule has 3 aromatic rings. The van der Waals surface area contributed by atoms with E-state index in [9.17, 15) is 14.0 Å². The van der Waals surface area contributed by atoms with Crippen LogP contribution in [-0.4, -0.2) is 44.8 Å². The highest BCUT2D eigenvalue weighted by molar-refractivity contribution is 7.15. The molecule has 3 heterocycles. The molecule has 12 heteroatoms. The van der Waals surface area contributed by atoms with E-state index in [-0.39, 0.29) is 11.9 Å². The summed E-state index contributed by atoms with van der Waals surface area (Å²) in [5.74, 6) is -1.11. The first kappa shape index (κ1) is 19.8. The number of anilines is 2. The Kier molecular flexibility index (Phi) is 5.31. The predicted molar refractivity (Wildman–Crippen MR) is 106 cm³/mol. The van der Waals surface area contributed by atoms with Crippen molar-refractivity contribution in [1.29, 1.82) is 0 Å². The van der Waals surface area contributed by atoms with Crippen LogP contribution < -0.4 is 15.5 Å². The van der Waals surface area contributed by atoms with Gasteiger partial charge in [0.05, 0.1) is 12.2 Å². The van der Waals surface area contributed by atoms with Crippen LogP contribution in [0.5, 0.6) is 0 Å². The molecule has 1 atom stereocenters. The summed E-state index contributed by atoms with van der Waals surface area (Å²) < 4.78 is 18.5. The largest absolute Gasteiger partial charge is 0.480 e. The monoisotopic (exact) mass is 432 g/mol. The molecule has 3 N–H and O–H groups in total. The second-order valence-electron chi connectivity index (χ2n) is 6.68. The summed E-state index contributed by atoms with van der Waals surface area (Å²) in [6, 6.07) is 5.56. The van der Waals surface area contributed by atoms with Gasteiger partial charge in [-0.25, -0.2) is 14.2 Å². The number of carbonyl (C=O) groups is 2. The summed E-state index contributed by atoms with van der Waals surface area (Å²) in [6.45, 7) is 1.99. The van der Waals surface area contributed by atoms with Gasteiger partial charge in [-0.05, 0) is 31.2 Å². The van der Waals surface area contributed by atoms with Gasteiger partial charge in [0.25, 0.3) is 0 Å². The third-order valence-corrected chi connectivity index (χ3v) is 5.49. The number of thiazole rings is 1. The molecule has 2 amide bonds. The van der Waals surface area contributed by atoms with E-state index in [2.05, 4.69) is 25.8 Å². The first-order chi connectivity index (χ1) is 14.4. The molecule has 10 nitrogen and oxygen atoms in total. The number of hydrogen-bond acceptors (Lipinski definition) is 8. The van der Waals surface area contributed by atoms with Crippen molar-refractivity contribution in [3.8, 4) is 11.4 Å². The topological polar surface area (TPSA) is 133 Å². The van der Waals surface area contributed by atoms with Crippen LogP contribution in [0.1, 0.15) is 17.5 Å². The zero-order valence-electron chi connectivity index (χ0n) is 15.8. The number of aliphatic carboxylic acids is 1. The fourth-order valence-electron chi connectivity index (χ4n) is 3.02. The second-order valence-corrected chi connectivity index (χ2v) is 7.76. The van der Waals surface area contributed by atoms with Crippen molar-refractivity contribution in [3.05, 3.63) is 40.7 Å². The Morgan fingerprint density at radius 3 is 2.83 bits per heavy atom. The number of carboxylic acids is 1. The molecule has 4 rings (SSSR count). The van der Waals surface area contributed by atoms with Crippen molar-refractivity contribution in [3.63, 3.8) is 0 Å². The Hall–Kier alpha value is -3.54. The molecule has 0 radical (unpaired) electrons. The highest BCUT2D eigenvalue weighted by atomic mass is 32.1. The van der Waals surface area contributed by atoms with Crippen LogP contribution in [0.3, 0.4) is 0 Å². The van der Waals surface area contributed by atoms with Crippen molar-refractivity contribution in [2.75, 3.05) is 16.8 Å². The lowest BCUT2D eigenvalue weighted by Crippen LogP contribution is -2.38. The SMILES string of the molecule is C[C@@H]1Cc2nc(NC(=O)NCC(=O)O)sc2CN1c1nc(-c2ccc(F)cc2)no1. The quantitative estimate of drug-likeness (QED) is 0.560. The van der Waals surface area contributed by atoms with Crippen LogP contribution in [0.15, 0.2) is 28.8 Å². The van der Waals surface area contributed by atoms with Crippen molar-refractivity contribution < 1.29 is 23.6 Å². The molecule has 1 aromatic carbocycles. The Balaban J connectivity index is 1.47. The maximum atomic E-state index is 13.1. The highest BCUT2D eigenvalue weighted by Crippen LogP contribution is 2.33. The zero-order valence-corrected chi connectivity index (χ0v) is 16.6. The van der Waals surface area contributed by atoms with Gasteiger partial charge in [-0.15, -0.1) is 0 Å². The zero-order chi connectivity index (χ0) is 21.3. The van der Waals surface area contributed by atoms with Crippen LogP contribution in [0.25, 0.3) is 11.4 Å². The molecule has 0 saturated heterocycles. The smallest absolute Gasteiger partial charge is 0.324 e. The first-order valence-corrected chi connectivity index (χ1v) is 9.82. The normalized spacial score (nSPS) is 15.5. The number of nitrogens with zero attached hydrogens (tertiary/aromatic N) is 4. The minimum atomic E-state index is -1.13. The standard InChI is InChI=1S/C18H17FN6O4S/c1-9-6-12-13(30-17(21-12)23-16(28)20-7-14(26)27)8-25(9)18-22-15(24-29-18)10-2-4-11(19)5-3-10/h2-5,9H,6-8H2,1H3,(H,26,27)(H2,20,21,23,28)/t9-/m1/s1. The maximum absolute atomic E-state index is 13.1. The number of carboxylic acid groups (broad SMARTS) is 1. The molecule has 156 valence electrons.